The molecule has 0 aromatic heterocycles. The molecule has 0 saturated heterocycles. The SMILES string of the molecule is CCOC(=O)C(C(=O)c1ccccc1)C1CCCC1. The van der Waals surface area contributed by atoms with E-state index in [2.05, 4.69) is 0 Å². The van der Waals surface area contributed by atoms with Crippen molar-refractivity contribution in [2.45, 2.75) is 32.6 Å². The number of hydrogen-bond donors (Lipinski definition) is 0. The lowest BCUT2D eigenvalue weighted by molar-refractivity contribution is -0.147. The van der Waals surface area contributed by atoms with Crippen molar-refractivity contribution in [1.82, 2.24) is 0 Å². The summed E-state index contributed by atoms with van der Waals surface area (Å²) < 4.78 is 5.10. The molecule has 0 N–H and O–H groups in total. The molecule has 1 aromatic rings. The van der Waals surface area contributed by atoms with Crippen LogP contribution >= 0.6 is 0 Å². The van der Waals surface area contributed by atoms with Gasteiger partial charge < -0.3 is 4.74 Å². The monoisotopic (exact) mass is 260 g/mol. The van der Waals surface area contributed by atoms with Gasteiger partial charge in [-0.05, 0) is 25.7 Å². The Morgan fingerprint density at radius 2 is 1.84 bits per heavy atom. The van der Waals surface area contributed by atoms with Crippen molar-refractivity contribution in [3.05, 3.63) is 35.9 Å². The molecule has 1 aliphatic carbocycles. The maximum absolute atomic E-state index is 12.5. The number of benzene rings is 1. The van der Waals surface area contributed by atoms with Gasteiger partial charge in [0.1, 0.15) is 5.92 Å². The molecule has 1 aliphatic rings. The Labute approximate surface area is 114 Å². The van der Waals surface area contributed by atoms with E-state index in [4.69, 9.17) is 4.74 Å². The van der Waals surface area contributed by atoms with Gasteiger partial charge in [0.25, 0.3) is 0 Å². The number of carbonyl (C=O) groups excluding carboxylic acids is 2. The van der Waals surface area contributed by atoms with E-state index in [1.807, 2.05) is 18.2 Å². The molecule has 2 rings (SSSR count). The van der Waals surface area contributed by atoms with Gasteiger partial charge in [0.15, 0.2) is 5.78 Å². The summed E-state index contributed by atoms with van der Waals surface area (Å²) in [5, 5.41) is 0. The van der Waals surface area contributed by atoms with Crippen LogP contribution in [0.2, 0.25) is 0 Å². The molecule has 3 heteroatoms. The van der Waals surface area contributed by atoms with E-state index < -0.39 is 5.92 Å². The van der Waals surface area contributed by atoms with E-state index in [0.29, 0.717) is 12.2 Å². The fourth-order valence-electron chi connectivity index (χ4n) is 2.82. The first-order chi connectivity index (χ1) is 9.24. The summed E-state index contributed by atoms with van der Waals surface area (Å²) in [5.41, 5.74) is 0.604. The topological polar surface area (TPSA) is 43.4 Å². The van der Waals surface area contributed by atoms with Crippen LogP contribution in [-0.2, 0) is 9.53 Å². The summed E-state index contributed by atoms with van der Waals surface area (Å²) >= 11 is 0. The predicted molar refractivity (Wildman–Crippen MR) is 72.9 cm³/mol. The van der Waals surface area contributed by atoms with E-state index in [-0.39, 0.29) is 17.7 Å². The summed E-state index contributed by atoms with van der Waals surface area (Å²) in [6, 6.07) is 9.05. The molecule has 0 amide bonds. The van der Waals surface area contributed by atoms with E-state index in [9.17, 15) is 9.59 Å². The van der Waals surface area contributed by atoms with Crippen molar-refractivity contribution in [3.8, 4) is 0 Å². The molecule has 1 saturated carbocycles. The highest BCUT2D eigenvalue weighted by Crippen LogP contribution is 2.34. The van der Waals surface area contributed by atoms with Crippen LogP contribution in [0.25, 0.3) is 0 Å². The van der Waals surface area contributed by atoms with Gasteiger partial charge >= 0.3 is 5.97 Å². The number of ketones is 1. The van der Waals surface area contributed by atoms with Crippen LogP contribution in [0.4, 0.5) is 0 Å². The molecule has 1 fully saturated rings. The number of Topliss-reactive ketones (excluding diaryl/α,β-unsaturated/α-hetero) is 1. The normalized spacial score (nSPS) is 17.1. The molecule has 0 aliphatic heterocycles. The van der Waals surface area contributed by atoms with Gasteiger partial charge in [-0.1, -0.05) is 43.2 Å². The van der Waals surface area contributed by atoms with Gasteiger partial charge in [0.05, 0.1) is 6.61 Å². The minimum atomic E-state index is -0.621. The van der Waals surface area contributed by atoms with E-state index >= 15 is 0 Å². The first-order valence-electron chi connectivity index (χ1n) is 7.00. The average molecular weight is 260 g/mol. The van der Waals surface area contributed by atoms with E-state index in [0.717, 1.165) is 25.7 Å². The minimum absolute atomic E-state index is 0.0917. The summed E-state index contributed by atoms with van der Waals surface area (Å²) in [6.45, 7) is 2.10. The van der Waals surface area contributed by atoms with Crippen LogP contribution in [0.3, 0.4) is 0 Å². The van der Waals surface area contributed by atoms with Crippen LogP contribution in [0.15, 0.2) is 30.3 Å². The van der Waals surface area contributed by atoms with Crippen LogP contribution in [0.1, 0.15) is 43.0 Å². The highest BCUT2D eigenvalue weighted by molar-refractivity contribution is 6.08. The van der Waals surface area contributed by atoms with Gasteiger partial charge in [-0.2, -0.15) is 0 Å². The number of hydrogen-bond acceptors (Lipinski definition) is 3. The molecular formula is C16H20O3. The lowest BCUT2D eigenvalue weighted by Crippen LogP contribution is -2.32. The zero-order chi connectivity index (χ0) is 13.7. The lowest BCUT2D eigenvalue weighted by Gasteiger charge is -2.20. The Kier molecular flexibility index (Phi) is 4.72. The van der Waals surface area contributed by atoms with Crippen LogP contribution in [-0.4, -0.2) is 18.4 Å². The summed E-state index contributed by atoms with van der Waals surface area (Å²) in [7, 11) is 0. The minimum Gasteiger partial charge on any atom is -0.465 e. The summed E-state index contributed by atoms with van der Waals surface area (Å²) in [6.07, 6.45) is 4.09. The molecule has 0 bridgehead atoms. The molecule has 0 spiro atoms. The third-order valence-electron chi connectivity index (χ3n) is 3.75. The average Bonchev–Trinajstić information content (AvgIpc) is 2.94. The van der Waals surface area contributed by atoms with E-state index in [1.165, 1.54) is 0 Å². The molecule has 3 nitrogen and oxygen atoms in total. The molecule has 1 atom stereocenters. The Morgan fingerprint density at radius 1 is 1.21 bits per heavy atom. The van der Waals surface area contributed by atoms with Crippen molar-refractivity contribution >= 4 is 11.8 Å². The standard InChI is InChI=1S/C16H20O3/c1-2-19-16(18)14(12-8-6-7-9-12)15(17)13-10-4-3-5-11-13/h3-5,10-12,14H,2,6-9H2,1H3. The van der Waals surface area contributed by atoms with Crippen molar-refractivity contribution in [1.29, 1.82) is 0 Å². The predicted octanol–water partition coefficient (Wildman–Crippen LogP) is 3.24. The first kappa shape index (κ1) is 13.8. The number of esters is 1. The highest BCUT2D eigenvalue weighted by Gasteiger charge is 2.37. The zero-order valence-electron chi connectivity index (χ0n) is 11.3. The maximum Gasteiger partial charge on any atom is 0.317 e. The number of ether oxygens (including phenoxy) is 1. The fraction of sp³-hybridized carbons (Fsp3) is 0.500. The van der Waals surface area contributed by atoms with Crippen molar-refractivity contribution < 1.29 is 14.3 Å². The highest BCUT2D eigenvalue weighted by atomic mass is 16.5. The van der Waals surface area contributed by atoms with Crippen molar-refractivity contribution in [2.24, 2.45) is 11.8 Å². The smallest absolute Gasteiger partial charge is 0.317 e. The molecule has 102 valence electrons. The van der Waals surface area contributed by atoms with Gasteiger partial charge in [0, 0.05) is 5.56 Å². The van der Waals surface area contributed by atoms with Crippen LogP contribution in [0, 0.1) is 11.8 Å². The molecule has 19 heavy (non-hydrogen) atoms. The quantitative estimate of drug-likeness (QED) is 0.464. The lowest BCUT2D eigenvalue weighted by atomic mass is 9.84. The third-order valence-corrected chi connectivity index (χ3v) is 3.75. The second-order valence-corrected chi connectivity index (χ2v) is 5.00. The molecular weight excluding hydrogens is 240 g/mol. The number of rotatable bonds is 5. The molecule has 0 heterocycles. The Hall–Kier alpha value is -1.64. The summed E-state index contributed by atoms with van der Waals surface area (Å²) in [5.74, 6) is -0.925. The van der Waals surface area contributed by atoms with Crippen LogP contribution < -0.4 is 0 Å². The molecule has 0 radical (unpaired) electrons. The van der Waals surface area contributed by atoms with Crippen LogP contribution in [0.5, 0.6) is 0 Å². The fourth-order valence-corrected chi connectivity index (χ4v) is 2.82. The van der Waals surface area contributed by atoms with Crippen molar-refractivity contribution in [2.75, 3.05) is 6.61 Å². The number of carbonyl (C=O) groups is 2. The third kappa shape index (κ3) is 3.22. The molecule has 1 unspecified atom stereocenters. The van der Waals surface area contributed by atoms with Gasteiger partial charge in [-0.25, -0.2) is 0 Å². The zero-order valence-corrected chi connectivity index (χ0v) is 11.3. The Morgan fingerprint density at radius 3 is 2.42 bits per heavy atom. The maximum atomic E-state index is 12.5. The largest absolute Gasteiger partial charge is 0.465 e. The van der Waals surface area contributed by atoms with Gasteiger partial charge in [0.2, 0.25) is 0 Å². The summed E-state index contributed by atoms with van der Waals surface area (Å²) in [4.78, 5) is 24.6. The van der Waals surface area contributed by atoms with Gasteiger partial charge in [-0.15, -0.1) is 0 Å². The van der Waals surface area contributed by atoms with Gasteiger partial charge in [-0.3, -0.25) is 9.59 Å². The Bertz CT molecular complexity index is 433. The first-order valence-corrected chi connectivity index (χ1v) is 7.00. The second-order valence-electron chi connectivity index (χ2n) is 5.00. The van der Waals surface area contributed by atoms with Crippen molar-refractivity contribution in [3.63, 3.8) is 0 Å². The Balaban J connectivity index is 2.21. The second kappa shape index (κ2) is 6.50. The van der Waals surface area contributed by atoms with E-state index in [1.54, 1.807) is 19.1 Å². The molecule has 1 aromatic carbocycles.